The van der Waals surface area contributed by atoms with E-state index in [1.807, 2.05) is 32.3 Å². The summed E-state index contributed by atoms with van der Waals surface area (Å²) >= 11 is 0. The van der Waals surface area contributed by atoms with Crippen LogP contribution in [0.2, 0.25) is 0 Å². The van der Waals surface area contributed by atoms with Gasteiger partial charge in [0.1, 0.15) is 0 Å². The highest BCUT2D eigenvalue weighted by atomic mass is 16.1. The van der Waals surface area contributed by atoms with Gasteiger partial charge in [-0.2, -0.15) is 0 Å². The van der Waals surface area contributed by atoms with Gasteiger partial charge < -0.3 is 20.2 Å². The van der Waals surface area contributed by atoms with Crippen molar-refractivity contribution < 1.29 is 0 Å². The molecule has 2 rings (SSSR count). The van der Waals surface area contributed by atoms with E-state index in [-0.39, 0.29) is 11.2 Å². The summed E-state index contributed by atoms with van der Waals surface area (Å²) in [6.07, 6.45) is 0. The van der Waals surface area contributed by atoms with Crippen LogP contribution in [0.5, 0.6) is 0 Å². The Morgan fingerprint density at radius 2 is 1.94 bits per heavy atom. The molecule has 1 aromatic heterocycles. The van der Waals surface area contributed by atoms with E-state index in [0.717, 1.165) is 23.3 Å². The van der Waals surface area contributed by atoms with Crippen LogP contribution in [0, 0.1) is 0 Å². The van der Waals surface area contributed by atoms with Crippen LogP contribution in [0.3, 0.4) is 0 Å². The predicted octanol–water partition coefficient (Wildman–Crippen LogP) is 1.29. The average molecular weight is 248 g/mol. The van der Waals surface area contributed by atoms with Gasteiger partial charge in [-0.05, 0) is 39.1 Å². The number of anilines is 1. The molecule has 5 nitrogen and oxygen atoms in total. The zero-order valence-electron chi connectivity index (χ0n) is 11.3. The number of benzene rings is 1. The third-order valence-electron chi connectivity index (χ3n) is 3.25. The van der Waals surface area contributed by atoms with Crippen molar-refractivity contribution in [3.63, 3.8) is 0 Å². The van der Waals surface area contributed by atoms with Gasteiger partial charge in [-0.15, -0.1) is 0 Å². The highest BCUT2D eigenvalue weighted by Gasteiger charge is 2.17. The molecule has 3 N–H and O–H groups in total. The number of nitrogens with zero attached hydrogens (tertiary/aromatic N) is 1. The molecular formula is C13H20N4O. The highest BCUT2D eigenvalue weighted by Crippen LogP contribution is 2.19. The van der Waals surface area contributed by atoms with Gasteiger partial charge in [0.05, 0.1) is 11.0 Å². The second kappa shape index (κ2) is 4.49. The van der Waals surface area contributed by atoms with Gasteiger partial charge in [0.25, 0.3) is 0 Å². The normalized spacial score (nSPS) is 12.0. The van der Waals surface area contributed by atoms with Crippen LogP contribution in [-0.2, 0) is 0 Å². The lowest BCUT2D eigenvalue weighted by Crippen LogP contribution is -2.46. The van der Waals surface area contributed by atoms with Gasteiger partial charge in [-0.1, -0.05) is 0 Å². The first-order valence-corrected chi connectivity index (χ1v) is 6.03. The number of nitrogens with one attached hydrogen (secondary N) is 3. The molecule has 0 saturated heterocycles. The molecule has 0 bridgehead atoms. The number of aromatic nitrogens is 2. The molecule has 0 spiro atoms. The fourth-order valence-electron chi connectivity index (χ4n) is 2.02. The Bertz CT molecular complexity index is 596. The number of imidazole rings is 1. The Kier molecular flexibility index (Phi) is 3.17. The Hall–Kier alpha value is -1.75. The Labute approximate surface area is 106 Å². The second-order valence-electron chi connectivity index (χ2n) is 5.30. The molecule has 0 radical (unpaired) electrons. The molecule has 0 unspecified atom stereocenters. The molecule has 0 aliphatic heterocycles. The first kappa shape index (κ1) is 12.7. The van der Waals surface area contributed by atoms with E-state index < -0.39 is 0 Å². The quantitative estimate of drug-likeness (QED) is 0.764. The number of hydrogen-bond acceptors (Lipinski definition) is 3. The first-order chi connectivity index (χ1) is 8.41. The van der Waals surface area contributed by atoms with Crippen molar-refractivity contribution in [2.45, 2.75) is 19.4 Å². The maximum atomic E-state index is 11.2. The SMILES string of the molecule is CNC(C)(C)CN(C)c1ccc2[nH]c(=O)[nH]c2c1. The van der Waals surface area contributed by atoms with E-state index in [1.54, 1.807) is 0 Å². The van der Waals surface area contributed by atoms with Crippen molar-refractivity contribution in [1.82, 2.24) is 15.3 Å². The summed E-state index contributed by atoms with van der Waals surface area (Å²) in [4.78, 5) is 18.9. The van der Waals surface area contributed by atoms with Crippen molar-refractivity contribution in [2.75, 3.05) is 25.5 Å². The van der Waals surface area contributed by atoms with E-state index in [9.17, 15) is 4.79 Å². The highest BCUT2D eigenvalue weighted by molar-refractivity contribution is 5.78. The number of rotatable bonds is 4. The summed E-state index contributed by atoms with van der Waals surface area (Å²) in [5.74, 6) is 0. The van der Waals surface area contributed by atoms with Crippen LogP contribution in [0.1, 0.15) is 13.8 Å². The number of hydrogen-bond donors (Lipinski definition) is 3. The molecule has 2 aromatic rings. The molecule has 0 aliphatic rings. The van der Waals surface area contributed by atoms with Gasteiger partial charge >= 0.3 is 5.69 Å². The summed E-state index contributed by atoms with van der Waals surface area (Å²) in [6, 6.07) is 5.92. The fraction of sp³-hybridized carbons (Fsp3) is 0.462. The molecule has 0 amide bonds. The molecule has 0 aliphatic carbocycles. The molecule has 5 heteroatoms. The third kappa shape index (κ3) is 2.56. The summed E-state index contributed by atoms with van der Waals surface area (Å²) < 4.78 is 0. The van der Waals surface area contributed by atoms with Crippen LogP contribution < -0.4 is 15.9 Å². The van der Waals surface area contributed by atoms with E-state index in [2.05, 4.69) is 34.0 Å². The molecule has 0 atom stereocenters. The van der Waals surface area contributed by atoms with Gasteiger partial charge in [0, 0.05) is 24.8 Å². The second-order valence-corrected chi connectivity index (χ2v) is 5.30. The van der Waals surface area contributed by atoms with Crippen molar-refractivity contribution in [1.29, 1.82) is 0 Å². The van der Waals surface area contributed by atoms with Crippen molar-refractivity contribution in [3.8, 4) is 0 Å². The Balaban J connectivity index is 2.27. The number of fused-ring (bicyclic) bond motifs is 1. The molecule has 18 heavy (non-hydrogen) atoms. The average Bonchev–Trinajstić information content (AvgIpc) is 2.67. The topological polar surface area (TPSA) is 63.9 Å². The fourth-order valence-corrected chi connectivity index (χ4v) is 2.02. The van der Waals surface area contributed by atoms with Crippen molar-refractivity contribution in [3.05, 3.63) is 28.7 Å². The van der Waals surface area contributed by atoms with Crippen LogP contribution in [-0.4, -0.2) is 36.1 Å². The molecule has 98 valence electrons. The Morgan fingerprint density at radius 3 is 2.61 bits per heavy atom. The lowest BCUT2D eigenvalue weighted by molar-refractivity contribution is 0.428. The summed E-state index contributed by atoms with van der Waals surface area (Å²) in [5, 5.41) is 3.28. The monoisotopic (exact) mass is 248 g/mol. The lowest BCUT2D eigenvalue weighted by Gasteiger charge is -2.31. The number of likely N-dealkylation sites (N-methyl/N-ethyl adjacent to an activating group) is 2. The van der Waals surface area contributed by atoms with Crippen LogP contribution in [0.15, 0.2) is 23.0 Å². The van der Waals surface area contributed by atoms with E-state index in [0.29, 0.717) is 0 Å². The molecule has 0 fully saturated rings. The summed E-state index contributed by atoms with van der Waals surface area (Å²) in [6.45, 7) is 5.18. The molecule has 0 saturated carbocycles. The molecule has 1 heterocycles. The predicted molar refractivity (Wildman–Crippen MR) is 75.3 cm³/mol. The zero-order chi connectivity index (χ0) is 13.3. The smallest absolute Gasteiger partial charge is 0.323 e. The minimum Gasteiger partial charge on any atom is -0.373 e. The summed E-state index contributed by atoms with van der Waals surface area (Å²) in [5.41, 5.74) is 2.63. The van der Waals surface area contributed by atoms with E-state index in [1.165, 1.54) is 0 Å². The minimum atomic E-state index is -0.166. The minimum absolute atomic E-state index is 0.0370. The third-order valence-corrected chi connectivity index (χ3v) is 3.25. The maximum absolute atomic E-state index is 11.2. The van der Waals surface area contributed by atoms with Crippen molar-refractivity contribution in [2.24, 2.45) is 0 Å². The first-order valence-electron chi connectivity index (χ1n) is 6.03. The van der Waals surface area contributed by atoms with E-state index >= 15 is 0 Å². The van der Waals surface area contributed by atoms with Gasteiger partial charge in [-0.3, -0.25) is 0 Å². The largest absolute Gasteiger partial charge is 0.373 e. The molecular weight excluding hydrogens is 228 g/mol. The molecule has 1 aromatic carbocycles. The standard InChI is InChI=1S/C13H20N4O/c1-13(2,14-3)8-17(4)9-5-6-10-11(7-9)16-12(18)15-10/h5-7,14H,8H2,1-4H3,(H2,15,16,18). The maximum Gasteiger partial charge on any atom is 0.323 e. The number of aromatic amines is 2. The van der Waals surface area contributed by atoms with Crippen LogP contribution >= 0.6 is 0 Å². The van der Waals surface area contributed by atoms with Gasteiger partial charge in [0.2, 0.25) is 0 Å². The van der Waals surface area contributed by atoms with Gasteiger partial charge in [0.15, 0.2) is 0 Å². The van der Waals surface area contributed by atoms with Gasteiger partial charge in [-0.25, -0.2) is 4.79 Å². The zero-order valence-corrected chi connectivity index (χ0v) is 11.3. The Morgan fingerprint density at radius 1 is 1.28 bits per heavy atom. The van der Waals surface area contributed by atoms with Crippen molar-refractivity contribution >= 4 is 16.7 Å². The van der Waals surface area contributed by atoms with E-state index in [4.69, 9.17) is 0 Å². The van der Waals surface area contributed by atoms with Crippen LogP contribution in [0.25, 0.3) is 11.0 Å². The summed E-state index contributed by atoms with van der Waals surface area (Å²) in [7, 11) is 4.01. The lowest BCUT2D eigenvalue weighted by atomic mass is 10.1. The van der Waals surface area contributed by atoms with Crippen LogP contribution in [0.4, 0.5) is 5.69 Å². The number of H-pyrrole nitrogens is 2.